The standard InChI is InChI=1S/C28H28FN9/c29-24-4-1-3-21(15-24)18-38-26-6-5-25(16-23(26)17-32-38)34-28-27-22(7-10-37(27)33-20-31-28)19-36-13-11-35(12-14-36)9-2-8-30/h1,3-7,10,15-17,20H,2,9,11-14,18-19H2,(H,31,33,34). The van der Waals surface area contributed by atoms with Crippen molar-refractivity contribution in [1.82, 2.24) is 34.2 Å². The van der Waals surface area contributed by atoms with Crippen LogP contribution in [0.25, 0.3) is 16.4 Å². The number of benzene rings is 2. The molecule has 0 amide bonds. The predicted molar refractivity (Wildman–Crippen MR) is 143 cm³/mol. The van der Waals surface area contributed by atoms with Gasteiger partial charge in [0.15, 0.2) is 5.82 Å². The van der Waals surface area contributed by atoms with E-state index in [1.165, 1.54) is 17.7 Å². The SMILES string of the molecule is N#CCCN1CCN(Cc2ccn3ncnc(Nc4ccc5c(cnn5Cc5cccc(F)c5)c4)c23)CC1. The van der Waals surface area contributed by atoms with Crippen LogP contribution in [0.5, 0.6) is 0 Å². The first-order valence-electron chi connectivity index (χ1n) is 12.8. The predicted octanol–water partition coefficient (Wildman–Crippen LogP) is 4.04. The summed E-state index contributed by atoms with van der Waals surface area (Å²) in [5.74, 6) is 0.503. The Balaban J connectivity index is 1.19. The molecular weight excluding hydrogens is 481 g/mol. The third-order valence-electron chi connectivity index (χ3n) is 7.06. The van der Waals surface area contributed by atoms with E-state index in [0.29, 0.717) is 13.0 Å². The van der Waals surface area contributed by atoms with Crippen LogP contribution in [0.4, 0.5) is 15.9 Å². The van der Waals surface area contributed by atoms with Crippen LogP contribution in [-0.4, -0.2) is 66.9 Å². The molecule has 1 fully saturated rings. The number of nitrogens with one attached hydrogen (secondary N) is 1. The second kappa shape index (κ2) is 10.6. The number of piperazine rings is 1. The fourth-order valence-electron chi connectivity index (χ4n) is 5.09. The van der Waals surface area contributed by atoms with Gasteiger partial charge in [-0.1, -0.05) is 12.1 Å². The quantitative estimate of drug-likeness (QED) is 0.338. The summed E-state index contributed by atoms with van der Waals surface area (Å²) in [6, 6.07) is 17.0. The molecule has 38 heavy (non-hydrogen) atoms. The van der Waals surface area contributed by atoms with Gasteiger partial charge in [0.05, 0.1) is 24.3 Å². The zero-order chi connectivity index (χ0) is 25.9. The number of rotatable bonds is 8. The van der Waals surface area contributed by atoms with Gasteiger partial charge >= 0.3 is 0 Å². The van der Waals surface area contributed by atoms with Gasteiger partial charge < -0.3 is 5.32 Å². The van der Waals surface area contributed by atoms with Crippen LogP contribution in [0.1, 0.15) is 17.5 Å². The Bertz CT molecular complexity index is 1610. The van der Waals surface area contributed by atoms with Gasteiger partial charge in [-0.3, -0.25) is 14.5 Å². The van der Waals surface area contributed by atoms with Crippen molar-refractivity contribution in [3.8, 4) is 6.07 Å². The van der Waals surface area contributed by atoms with E-state index in [9.17, 15) is 4.39 Å². The third-order valence-corrected chi connectivity index (χ3v) is 7.06. The summed E-state index contributed by atoms with van der Waals surface area (Å²) in [6.07, 6.45) is 5.94. The fourth-order valence-corrected chi connectivity index (χ4v) is 5.09. The maximum absolute atomic E-state index is 13.6. The van der Waals surface area contributed by atoms with E-state index in [1.807, 2.05) is 45.9 Å². The van der Waals surface area contributed by atoms with E-state index < -0.39 is 0 Å². The Morgan fingerprint density at radius 3 is 2.68 bits per heavy atom. The first kappa shape index (κ1) is 24.0. The molecule has 1 aliphatic heterocycles. The van der Waals surface area contributed by atoms with E-state index in [-0.39, 0.29) is 5.82 Å². The Morgan fingerprint density at radius 2 is 1.84 bits per heavy atom. The second-order valence-electron chi connectivity index (χ2n) is 9.60. The van der Waals surface area contributed by atoms with Crippen molar-refractivity contribution in [2.75, 3.05) is 38.0 Å². The summed E-state index contributed by atoms with van der Waals surface area (Å²) < 4.78 is 17.4. The average molecular weight is 510 g/mol. The van der Waals surface area contributed by atoms with Crippen molar-refractivity contribution < 1.29 is 4.39 Å². The van der Waals surface area contributed by atoms with Gasteiger partial charge in [0.2, 0.25) is 0 Å². The molecule has 2 aromatic carbocycles. The van der Waals surface area contributed by atoms with Crippen LogP contribution < -0.4 is 5.32 Å². The highest BCUT2D eigenvalue weighted by atomic mass is 19.1. The molecule has 0 spiro atoms. The number of anilines is 2. The highest BCUT2D eigenvalue weighted by Gasteiger charge is 2.19. The highest BCUT2D eigenvalue weighted by molar-refractivity contribution is 5.85. The molecule has 0 aliphatic carbocycles. The van der Waals surface area contributed by atoms with Crippen LogP contribution in [0.2, 0.25) is 0 Å². The van der Waals surface area contributed by atoms with Crippen molar-refractivity contribution in [1.29, 1.82) is 5.26 Å². The Hall–Kier alpha value is -4.33. The van der Waals surface area contributed by atoms with Crippen LogP contribution >= 0.6 is 0 Å². The van der Waals surface area contributed by atoms with Crippen LogP contribution in [0, 0.1) is 17.1 Å². The number of hydrogen-bond acceptors (Lipinski definition) is 7. The maximum Gasteiger partial charge on any atom is 0.158 e. The van der Waals surface area contributed by atoms with E-state index >= 15 is 0 Å². The van der Waals surface area contributed by atoms with Crippen LogP contribution in [-0.2, 0) is 13.1 Å². The van der Waals surface area contributed by atoms with Crippen molar-refractivity contribution in [2.24, 2.45) is 0 Å². The van der Waals surface area contributed by atoms with Gasteiger partial charge in [0.25, 0.3) is 0 Å². The molecule has 1 aliphatic rings. The van der Waals surface area contributed by atoms with Crippen molar-refractivity contribution in [3.63, 3.8) is 0 Å². The summed E-state index contributed by atoms with van der Waals surface area (Å²) in [5, 5.41) is 22.2. The highest BCUT2D eigenvalue weighted by Crippen LogP contribution is 2.27. The summed E-state index contributed by atoms with van der Waals surface area (Å²) in [6.45, 7) is 6.04. The minimum absolute atomic E-state index is 0.246. The van der Waals surface area contributed by atoms with Gasteiger partial charge in [0.1, 0.15) is 17.7 Å². The average Bonchev–Trinajstić information content (AvgIpc) is 3.53. The number of nitrogens with zero attached hydrogens (tertiary/aromatic N) is 8. The van der Waals surface area contributed by atoms with Crippen LogP contribution in [0.15, 0.2) is 67.3 Å². The van der Waals surface area contributed by atoms with Gasteiger partial charge in [-0.15, -0.1) is 0 Å². The lowest BCUT2D eigenvalue weighted by Crippen LogP contribution is -2.46. The van der Waals surface area contributed by atoms with E-state index in [1.54, 1.807) is 12.4 Å². The number of fused-ring (bicyclic) bond motifs is 2. The molecule has 10 heteroatoms. The molecule has 0 unspecified atom stereocenters. The molecular formula is C28H28FN9. The van der Waals surface area contributed by atoms with Gasteiger partial charge in [-0.05, 0) is 47.5 Å². The first-order chi connectivity index (χ1) is 18.7. The van der Waals surface area contributed by atoms with Gasteiger partial charge in [0, 0.05) is 63.0 Å². The molecule has 0 saturated carbocycles. The van der Waals surface area contributed by atoms with Gasteiger partial charge in [-0.25, -0.2) is 13.9 Å². The maximum atomic E-state index is 13.6. The second-order valence-corrected chi connectivity index (χ2v) is 9.60. The monoisotopic (exact) mass is 509 g/mol. The smallest absolute Gasteiger partial charge is 0.158 e. The Labute approximate surface area is 219 Å². The molecule has 4 heterocycles. The molecule has 0 bridgehead atoms. The van der Waals surface area contributed by atoms with Gasteiger partial charge in [-0.2, -0.15) is 15.5 Å². The largest absolute Gasteiger partial charge is 0.338 e. The Kier molecular flexibility index (Phi) is 6.69. The molecule has 192 valence electrons. The van der Waals surface area contributed by atoms with E-state index in [2.05, 4.69) is 42.4 Å². The molecule has 1 saturated heterocycles. The zero-order valence-electron chi connectivity index (χ0n) is 21.0. The molecule has 1 N–H and O–H groups in total. The summed E-state index contributed by atoms with van der Waals surface area (Å²) in [7, 11) is 0. The molecule has 3 aromatic heterocycles. The zero-order valence-corrected chi connectivity index (χ0v) is 21.0. The van der Waals surface area contributed by atoms with Crippen molar-refractivity contribution >= 4 is 27.9 Å². The minimum atomic E-state index is -0.246. The number of nitriles is 1. The summed E-state index contributed by atoms with van der Waals surface area (Å²) in [4.78, 5) is 9.36. The fraction of sp³-hybridized carbons (Fsp3) is 0.286. The topological polar surface area (TPSA) is 90.3 Å². The third kappa shape index (κ3) is 5.07. The van der Waals surface area contributed by atoms with Crippen molar-refractivity contribution in [3.05, 3.63) is 84.2 Å². The lowest BCUT2D eigenvalue weighted by molar-refractivity contribution is 0.129. The van der Waals surface area contributed by atoms with E-state index in [0.717, 1.165) is 72.8 Å². The molecule has 6 rings (SSSR count). The number of aromatic nitrogens is 5. The summed E-state index contributed by atoms with van der Waals surface area (Å²) >= 11 is 0. The lowest BCUT2D eigenvalue weighted by atomic mass is 10.2. The molecule has 0 atom stereocenters. The van der Waals surface area contributed by atoms with Crippen molar-refractivity contribution in [2.45, 2.75) is 19.5 Å². The molecule has 5 aromatic rings. The molecule has 9 nitrogen and oxygen atoms in total. The van der Waals surface area contributed by atoms with Crippen LogP contribution in [0.3, 0.4) is 0 Å². The Morgan fingerprint density at radius 1 is 0.974 bits per heavy atom. The summed E-state index contributed by atoms with van der Waals surface area (Å²) in [5.41, 5.74) is 4.88. The number of halogens is 1. The molecule has 0 radical (unpaired) electrons. The number of hydrogen-bond donors (Lipinski definition) is 1. The van der Waals surface area contributed by atoms with E-state index in [4.69, 9.17) is 5.26 Å². The first-order valence-corrected chi connectivity index (χ1v) is 12.8. The minimum Gasteiger partial charge on any atom is -0.338 e. The lowest BCUT2D eigenvalue weighted by Gasteiger charge is -2.34. The normalized spacial score (nSPS) is 14.7.